The molecule has 27 heavy (non-hydrogen) atoms. The predicted molar refractivity (Wildman–Crippen MR) is 104 cm³/mol. The maximum Gasteiger partial charge on any atom is 0.270 e. The van der Waals surface area contributed by atoms with Crippen LogP contribution in [0, 0.1) is 5.92 Å². The van der Waals surface area contributed by atoms with Crippen LogP contribution in [0.4, 0.5) is 0 Å². The van der Waals surface area contributed by atoms with Crippen molar-refractivity contribution >= 4 is 16.8 Å². The third-order valence-electron chi connectivity index (χ3n) is 7.13. The molecule has 3 aromatic rings. The van der Waals surface area contributed by atoms with Gasteiger partial charge < -0.3 is 9.88 Å². The Balaban J connectivity index is 1.31. The molecule has 3 saturated carbocycles. The van der Waals surface area contributed by atoms with Crippen LogP contribution in [0.1, 0.15) is 59.2 Å². The zero-order chi connectivity index (χ0) is 18.2. The first kappa shape index (κ1) is 15.5. The molecule has 0 unspecified atom stereocenters. The molecule has 2 aromatic heterocycles. The molecule has 1 aliphatic heterocycles. The van der Waals surface area contributed by atoms with E-state index in [2.05, 4.69) is 40.3 Å². The number of hydrogen-bond donors (Lipinski definition) is 2. The maximum atomic E-state index is 13.2. The van der Waals surface area contributed by atoms with Crippen LogP contribution in [-0.4, -0.2) is 32.5 Å². The lowest BCUT2D eigenvalue weighted by Gasteiger charge is -2.61. The van der Waals surface area contributed by atoms with Crippen LogP contribution in [0.5, 0.6) is 0 Å². The van der Waals surface area contributed by atoms with Crippen LogP contribution in [0.3, 0.4) is 0 Å². The van der Waals surface area contributed by atoms with Crippen molar-refractivity contribution in [1.29, 1.82) is 0 Å². The summed E-state index contributed by atoms with van der Waals surface area (Å²) in [5.41, 5.74) is 7.14. The van der Waals surface area contributed by atoms with Crippen LogP contribution in [-0.2, 0) is 24.8 Å². The van der Waals surface area contributed by atoms with Crippen molar-refractivity contribution < 1.29 is 4.79 Å². The highest BCUT2D eigenvalue weighted by molar-refractivity contribution is 5.99. The molecule has 1 aromatic carbocycles. The van der Waals surface area contributed by atoms with Gasteiger partial charge in [-0.2, -0.15) is 5.10 Å². The van der Waals surface area contributed by atoms with Crippen molar-refractivity contribution in [3.05, 3.63) is 52.5 Å². The second kappa shape index (κ2) is 5.24. The van der Waals surface area contributed by atoms with Gasteiger partial charge in [-0.3, -0.25) is 9.89 Å². The van der Waals surface area contributed by atoms with Gasteiger partial charge in [0.2, 0.25) is 0 Å². The molecular formula is C22H24N4O. The largest absolute Gasteiger partial charge is 0.351 e. The van der Waals surface area contributed by atoms with Crippen molar-refractivity contribution in [2.75, 3.05) is 6.54 Å². The Morgan fingerprint density at radius 3 is 2.93 bits per heavy atom. The molecule has 2 bridgehead atoms. The van der Waals surface area contributed by atoms with E-state index in [1.807, 2.05) is 11.0 Å². The molecule has 0 spiro atoms. The lowest BCUT2D eigenvalue weighted by atomic mass is 9.43. The Hall–Kier alpha value is -2.56. The first-order chi connectivity index (χ1) is 13.2. The number of carbonyl (C=O) groups is 1. The molecule has 4 aliphatic rings. The highest BCUT2D eigenvalue weighted by atomic mass is 16.2. The number of aromatic nitrogens is 3. The number of fused-ring (bicyclic) bond motifs is 2. The van der Waals surface area contributed by atoms with Gasteiger partial charge in [-0.05, 0) is 49.3 Å². The molecule has 7 rings (SSSR count). The minimum absolute atomic E-state index is 0.101. The van der Waals surface area contributed by atoms with Crippen LogP contribution >= 0.6 is 0 Å². The smallest absolute Gasteiger partial charge is 0.270 e. The fourth-order valence-corrected chi connectivity index (χ4v) is 5.49. The zero-order valence-corrected chi connectivity index (χ0v) is 15.6. The minimum Gasteiger partial charge on any atom is -0.351 e. The fraction of sp³-hybridized carbons (Fsp3) is 0.455. The number of amides is 1. The number of carbonyl (C=O) groups excluding carboxylic acids is 1. The summed E-state index contributed by atoms with van der Waals surface area (Å²) in [6, 6.07) is 8.28. The molecular weight excluding hydrogens is 336 g/mol. The number of aromatic amines is 2. The average molecular weight is 360 g/mol. The molecule has 5 nitrogen and oxygen atoms in total. The van der Waals surface area contributed by atoms with Gasteiger partial charge in [0.05, 0.1) is 5.69 Å². The Labute approximate surface area is 158 Å². The van der Waals surface area contributed by atoms with Crippen LogP contribution < -0.4 is 0 Å². The van der Waals surface area contributed by atoms with E-state index in [0.717, 1.165) is 30.8 Å². The molecule has 0 atom stereocenters. The van der Waals surface area contributed by atoms with Gasteiger partial charge in [0.1, 0.15) is 5.69 Å². The normalized spacial score (nSPS) is 25.8. The monoisotopic (exact) mass is 360 g/mol. The van der Waals surface area contributed by atoms with Gasteiger partial charge in [-0.15, -0.1) is 0 Å². The fourth-order valence-electron chi connectivity index (χ4n) is 5.49. The molecule has 5 heteroatoms. The summed E-state index contributed by atoms with van der Waals surface area (Å²) in [4.78, 5) is 18.6. The summed E-state index contributed by atoms with van der Waals surface area (Å²) in [6.45, 7) is 3.59. The first-order valence-corrected chi connectivity index (χ1v) is 10.1. The molecule has 138 valence electrons. The summed E-state index contributed by atoms with van der Waals surface area (Å²) in [5, 5.41) is 9.11. The van der Waals surface area contributed by atoms with E-state index in [1.165, 1.54) is 47.2 Å². The Morgan fingerprint density at radius 2 is 2.19 bits per heavy atom. The lowest BCUT2D eigenvalue weighted by molar-refractivity contribution is -0.0320. The average Bonchev–Trinajstić information content (AvgIpc) is 3.22. The number of aryl methyl sites for hydroxylation is 1. The van der Waals surface area contributed by atoms with E-state index in [9.17, 15) is 4.79 Å². The molecule has 3 fully saturated rings. The first-order valence-electron chi connectivity index (χ1n) is 10.1. The van der Waals surface area contributed by atoms with E-state index in [1.54, 1.807) is 0 Å². The quantitative estimate of drug-likeness (QED) is 0.748. The number of rotatable bonds is 3. The lowest BCUT2D eigenvalue weighted by Crippen LogP contribution is -2.56. The van der Waals surface area contributed by atoms with Gasteiger partial charge in [0, 0.05) is 47.1 Å². The number of H-pyrrole nitrogens is 2. The SMILES string of the molecule is CCc1cccc2[nH]c(C(=O)N3CCc4[nH]nc(C56CC(C5)C6)c4C3)cc12. The van der Waals surface area contributed by atoms with E-state index in [0.29, 0.717) is 17.7 Å². The zero-order valence-electron chi connectivity index (χ0n) is 15.6. The molecule has 3 heterocycles. The maximum absolute atomic E-state index is 13.2. The van der Waals surface area contributed by atoms with Crippen molar-refractivity contribution in [3.8, 4) is 0 Å². The standard InChI is InChI=1S/C22H24N4O/c1-2-14-4-3-5-17-15(14)8-19(23-17)21(27)26-7-6-18-16(12-26)20(25-24-18)22-9-13(10-22)11-22/h3-5,8,13,23H,2,6-7,9-12H2,1H3,(H,24,25). The van der Waals surface area contributed by atoms with Crippen LogP contribution in [0.2, 0.25) is 0 Å². The topological polar surface area (TPSA) is 64.8 Å². The summed E-state index contributed by atoms with van der Waals surface area (Å²) in [6.07, 6.45) is 5.71. The van der Waals surface area contributed by atoms with Crippen molar-refractivity contribution in [3.63, 3.8) is 0 Å². The van der Waals surface area contributed by atoms with E-state index >= 15 is 0 Å². The van der Waals surface area contributed by atoms with Gasteiger partial charge >= 0.3 is 0 Å². The molecule has 1 amide bonds. The summed E-state index contributed by atoms with van der Waals surface area (Å²) in [7, 11) is 0. The number of benzene rings is 1. The Morgan fingerprint density at radius 1 is 1.33 bits per heavy atom. The molecule has 2 N–H and O–H groups in total. The predicted octanol–water partition coefficient (Wildman–Crippen LogP) is 3.70. The van der Waals surface area contributed by atoms with Gasteiger partial charge in [0.15, 0.2) is 0 Å². The summed E-state index contributed by atoms with van der Waals surface area (Å²) in [5.74, 6) is 1.03. The number of hydrogen-bond acceptors (Lipinski definition) is 2. The number of nitrogens with zero attached hydrogens (tertiary/aromatic N) is 2. The Kier molecular flexibility index (Phi) is 3.01. The summed E-state index contributed by atoms with van der Waals surface area (Å²) >= 11 is 0. The molecule has 3 aliphatic carbocycles. The second-order valence-electron chi connectivity index (χ2n) is 8.68. The van der Waals surface area contributed by atoms with Gasteiger partial charge in [0.25, 0.3) is 5.91 Å². The van der Waals surface area contributed by atoms with Crippen LogP contribution in [0.25, 0.3) is 10.9 Å². The highest BCUT2D eigenvalue weighted by Gasteiger charge is 2.59. The second-order valence-corrected chi connectivity index (χ2v) is 8.68. The van der Waals surface area contributed by atoms with Crippen molar-refractivity contribution in [1.82, 2.24) is 20.1 Å². The third-order valence-corrected chi connectivity index (χ3v) is 7.13. The van der Waals surface area contributed by atoms with E-state index < -0.39 is 0 Å². The van der Waals surface area contributed by atoms with Crippen molar-refractivity contribution in [2.45, 2.75) is 51.0 Å². The van der Waals surface area contributed by atoms with Gasteiger partial charge in [-0.25, -0.2) is 0 Å². The molecule has 0 radical (unpaired) electrons. The van der Waals surface area contributed by atoms with Crippen LogP contribution in [0.15, 0.2) is 24.3 Å². The Bertz CT molecular complexity index is 1060. The van der Waals surface area contributed by atoms with E-state index in [-0.39, 0.29) is 5.91 Å². The molecule has 0 saturated heterocycles. The van der Waals surface area contributed by atoms with Crippen molar-refractivity contribution in [2.24, 2.45) is 5.92 Å². The number of nitrogens with one attached hydrogen (secondary N) is 2. The minimum atomic E-state index is 0.101. The van der Waals surface area contributed by atoms with Gasteiger partial charge in [-0.1, -0.05) is 19.1 Å². The highest BCUT2D eigenvalue weighted by Crippen LogP contribution is 2.65. The summed E-state index contributed by atoms with van der Waals surface area (Å²) < 4.78 is 0. The van der Waals surface area contributed by atoms with E-state index in [4.69, 9.17) is 0 Å². The third kappa shape index (κ3) is 2.05.